The summed E-state index contributed by atoms with van der Waals surface area (Å²) in [5.74, 6) is -2.38. The van der Waals surface area contributed by atoms with Gasteiger partial charge in [0.1, 0.15) is 17.3 Å². The largest absolute Gasteiger partial charge is 0.372 e. The molecule has 4 rings (SSSR count). The number of hydrogen-bond donors (Lipinski definition) is 1. The van der Waals surface area contributed by atoms with Crippen LogP contribution in [0.15, 0.2) is 48.2 Å². The number of halogens is 2. The number of rotatable bonds is 6. The van der Waals surface area contributed by atoms with Gasteiger partial charge in [0.2, 0.25) is 0 Å². The Bertz CT molecular complexity index is 1000. The summed E-state index contributed by atoms with van der Waals surface area (Å²) < 4.78 is 27.5. The van der Waals surface area contributed by atoms with Crippen molar-refractivity contribution in [2.45, 2.75) is 32.6 Å². The Morgan fingerprint density at radius 1 is 0.968 bits per heavy atom. The molecule has 0 saturated carbocycles. The molecule has 2 aliphatic heterocycles. The molecule has 162 valence electrons. The first kappa shape index (κ1) is 21.0. The van der Waals surface area contributed by atoms with Gasteiger partial charge < -0.3 is 10.2 Å². The predicted octanol–water partition coefficient (Wildman–Crippen LogP) is 4.17. The number of carbonyl (C=O) groups excluding carboxylic acids is 2. The van der Waals surface area contributed by atoms with E-state index in [-0.39, 0.29) is 23.5 Å². The van der Waals surface area contributed by atoms with E-state index in [0.29, 0.717) is 6.42 Å². The van der Waals surface area contributed by atoms with E-state index in [0.717, 1.165) is 41.8 Å². The van der Waals surface area contributed by atoms with Crippen LogP contribution < -0.4 is 10.2 Å². The maximum Gasteiger partial charge on any atom is 0.277 e. The van der Waals surface area contributed by atoms with Crippen LogP contribution in [-0.4, -0.2) is 36.3 Å². The van der Waals surface area contributed by atoms with Crippen molar-refractivity contribution in [3.63, 3.8) is 0 Å². The summed E-state index contributed by atoms with van der Waals surface area (Å²) in [5, 5.41) is 2.67. The average Bonchev–Trinajstić information content (AvgIpc) is 3.04. The van der Waals surface area contributed by atoms with Crippen molar-refractivity contribution < 1.29 is 18.4 Å². The number of imide groups is 1. The van der Waals surface area contributed by atoms with Crippen molar-refractivity contribution in [2.24, 2.45) is 0 Å². The third kappa shape index (κ3) is 4.60. The number of piperidine rings is 1. The number of carbonyl (C=O) groups is 2. The van der Waals surface area contributed by atoms with Crippen LogP contribution in [-0.2, 0) is 16.0 Å². The fraction of sp³-hybridized carbons (Fsp3) is 0.333. The Kier molecular flexibility index (Phi) is 6.02. The lowest BCUT2D eigenvalue weighted by atomic mass is 10.1. The van der Waals surface area contributed by atoms with Gasteiger partial charge in [0.05, 0.1) is 0 Å². The molecule has 7 heteroatoms. The monoisotopic (exact) mass is 425 g/mol. The van der Waals surface area contributed by atoms with Crippen molar-refractivity contribution in [3.05, 3.63) is 70.9 Å². The van der Waals surface area contributed by atoms with Crippen molar-refractivity contribution in [3.8, 4) is 0 Å². The van der Waals surface area contributed by atoms with Crippen LogP contribution in [0.1, 0.15) is 30.4 Å². The van der Waals surface area contributed by atoms with Gasteiger partial charge in [-0.3, -0.25) is 14.5 Å². The summed E-state index contributed by atoms with van der Waals surface area (Å²) in [6, 6.07) is 10.4. The van der Waals surface area contributed by atoms with E-state index in [4.69, 9.17) is 0 Å². The molecule has 0 unspecified atom stereocenters. The highest BCUT2D eigenvalue weighted by atomic mass is 19.1. The molecular formula is C24H25F2N3O2. The lowest BCUT2D eigenvalue weighted by Crippen LogP contribution is -2.34. The van der Waals surface area contributed by atoms with Crippen LogP contribution in [0.2, 0.25) is 0 Å². The zero-order valence-corrected chi connectivity index (χ0v) is 17.5. The van der Waals surface area contributed by atoms with E-state index in [2.05, 4.69) is 22.3 Å². The van der Waals surface area contributed by atoms with E-state index < -0.39 is 23.4 Å². The number of amides is 2. The molecule has 0 radical (unpaired) electrons. The van der Waals surface area contributed by atoms with Crippen LogP contribution in [0.5, 0.6) is 0 Å². The number of nitrogens with one attached hydrogen (secondary N) is 1. The second-order valence-electron chi connectivity index (χ2n) is 8.01. The molecule has 2 heterocycles. The van der Waals surface area contributed by atoms with Crippen molar-refractivity contribution in [2.75, 3.05) is 29.9 Å². The van der Waals surface area contributed by atoms with Gasteiger partial charge in [0, 0.05) is 42.6 Å². The SMILES string of the molecule is Cc1c(F)cc(NC2=CC(=O)N(CCc3ccc(N4CCCCC4)cc3)C2=O)cc1F. The summed E-state index contributed by atoms with van der Waals surface area (Å²) in [7, 11) is 0. The molecule has 2 aliphatic rings. The highest BCUT2D eigenvalue weighted by Crippen LogP contribution is 2.23. The summed E-state index contributed by atoms with van der Waals surface area (Å²) in [4.78, 5) is 28.4. The van der Waals surface area contributed by atoms with Crippen LogP contribution in [0.3, 0.4) is 0 Å². The Balaban J connectivity index is 1.36. The number of hydrogen-bond acceptors (Lipinski definition) is 4. The van der Waals surface area contributed by atoms with E-state index >= 15 is 0 Å². The van der Waals surface area contributed by atoms with Gasteiger partial charge in [-0.05, 0) is 62.4 Å². The van der Waals surface area contributed by atoms with E-state index in [1.54, 1.807) is 0 Å². The van der Waals surface area contributed by atoms with E-state index in [1.165, 1.54) is 31.9 Å². The highest BCUT2D eigenvalue weighted by Gasteiger charge is 2.31. The lowest BCUT2D eigenvalue weighted by Gasteiger charge is -2.28. The first-order valence-corrected chi connectivity index (χ1v) is 10.6. The van der Waals surface area contributed by atoms with Crippen molar-refractivity contribution in [1.29, 1.82) is 0 Å². The molecular weight excluding hydrogens is 400 g/mol. The van der Waals surface area contributed by atoms with Crippen LogP contribution >= 0.6 is 0 Å². The Hall–Kier alpha value is -3.22. The zero-order valence-electron chi connectivity index (χ0n) is 17.5. The molecule has 0 spiro atoms. The standard InChI is InChI=1S/C24H25F2N3O2/c1-16-20(25)13-18(14-21(16)26)27-22-15-23(30)29(24(22)31)12-9-17-5-7-19(8-6-17)28-10-3-2-4-11-28/h5-8,13-15,27H,2-4,9-12H2,1H3. The van der Waals surface area contributed by atoms with Crippen molar-refractivity contribution >= 4 is 23.2 Å². The molecule has 0 bridgehead atoms. The molecule has 2 aromatic carbocycles. The third-order valence-corrected chi connectivity index (χ3v) is 5.85. The minimum absolute atomic E-state index is 0.00750. The normalized spacial score (nSPS) is 16.7. The molecule has 0 atom stereocenters. The number of benzene rings is 2. The smallest absolute Gasteiger partial charge is 0.277 e. The minimum atomic E-state index is -0.718. The molecule has 1 N–H and O–H groups in total. The topological polar surface area (TPSA) is 52.7 Å². The molecule has 0 aliphatic carbocycles. The average molecular weight is 425 g/mol. The van der Waals surface area contributed by atoms with Gasteiger partial charge in [-0.15, -0.1) is 0 Å². The molecule has 1 saturated heterocycles. The summed E-state index contributed by atoms with van der Waals surface area (Å²) >= 11 is 0. The molecule has 5 nitrogen and oxygen atoms in total. The first-order chi connectivity index (χ1) is 14.9. The quantitative estimate of drug-likeness (QED) is 0.706. The molecule has 2 aromatic rings. The Labute approximate surface area is 180 Å². The van der Waals surface area contributed by atoms with E-state index in [9.17, 15) is 18.4 Å². The van der Waals surface area contributed by atoms with Gasteiger partial charge in [0.15, 0.2) is 0 Å². The lowest BCUT2D eigenvalue weighted by molar-refractivity contribution is -0.137. The highest BCUT2D eigenvalue weighted by molar-refractivity contribution is 6.17. The third-order valence-electron chi connectivity index (χ3n) is 5.85. The maximum atomic E-state index is 13.8. The predicted molar refractivity (Wildman–Crippen MR) is 116 cm³/mol. The van der Waals surface area contributed by atoms with Crippen LogP contribution in [0.25, 0.3) is 0 Å². The minimum Gasteiger partial charge on any atom is -0.372 e. The van der Waals surface area contributed by atoms with Gasteiger partial charge >= 0.3 is 0 Å². The fourth-order valence-electron chi connectivity index (χ4n) is 3.95. The Morgan fingerprint density at radius 3 is 2.26 bits per heavy atom. The van der Waals surface area contributed by atoms with Crippen molar-refractivity contribution in [1.82, 2.24) is 4.90 Å². The summed E-state index contributed by atoms with van der Waals surface area (Å²) in [6.45, 7) is 3.72. The van der Waals surface area contributed by atoms with Gasteiger partial charge in [-0.1, -0.05) is 12.1 Å². The second-order valence-corrected chi connectivity index (χ2v) is 8.01. The van der Waals surface area contributed by atoms with Crippen LogP contribution in [0, 0.1) is 18.6 Å². The van der Waals surface area contributed by atoms with Gasteiger partial charge in [-0.2, -0.15) is 0 Å². The molecule has 31 heavy (non-hydrogen) atoms. The summed E-state index contributed by atoms with van der Waals surface area (Å²) in [6.07, 6.45) is 5.41. The summed E-state index contributed by atoms with van der Waals surface area (Å²) in [5.41, 5.74) is 2.23. The zero-order chi connectivity index (χ0) is 22.0. The number of nitrogens with zero attached hydrogens (tertiary/aromatic N) is 2. The van der Waals surface area contributed by atoms with Gasteiger partial charge in [-0.25, -0.2) is 8.78 Å². The van der Waals surface area contributed by atoms with Gasteiger partial charge in [0.25, 0.3) is 11.8 Å². The number of anilines is 2. The first-order valence-electron chi connectivity index (χ1n) is 10.6. The maximum absolute atomic E-state index is 13.8. The molecule has 1 fully saturated rings. The Morgan fingerprint density at radius 2 is 1.61 bits per heavy atom. The van der Waals surface area contributed by atoms with Crippen LogP contribution in [0.4, 0.5) is 20.2 Å². The molecule has 2 amide bonds. The molecule has 0 aromatic heterocycles. The fourth-order valence-corrected chi connectivity index (χ4v) is 3.95. The van der Waals surface area contributed by atoms with E-state index in [1.807, 2.05) is 12.1 Å². The second kappa shape index (κ2) is 8.88.